The Morgan fingerprint density at radius 3 is 2.97 bits per heavy atom. The van der Waals surface area contributed by atoms with E-state index >= 15 is 0 Å². The standard InChI is InChI=1S/C22H31N7O/c1-4-7-17(12-16-13-23-19-9-6-5-8-18(16)19)24-21(30)20-25-22(27-26-20)29-11-10-28(3)15(2)14-29/h5-6,8-9,13,15,17,23H,4,7,10-12,14H2,1-3H3,(H,24,30)(H,25,26,27). The number of carbonyl (C=O) groups is 1. The van der Waals surface area contributed by atoms with Crippen LogP contribution in [0, 0.1) is 0 Å². The molecule has 1 aromatic carbocycles. The van der Waals surface area contributed by atoms with Crippen LogP contribution in [0.2, 0.25) is 0 Å². The number of nitrogens with one attached hydrogen (secondary N) is 3. The first-order valence-corrected chi connectivity index (χ1v) is 10.8. The van der Waals surface area contributed by atoms with Crippen molar-refractivity contribution in [3.8, 4) is 0 Å². The highest BCUT2D eigenvalue weighted by molar-refractivity contribution is 5.91. The summed E-state index contributed by atoms with van der Waals surface area (Å²) in [6, 6.07) is 8.73. The van der Waals surface area contributed by atoms with E-state index in [4.69, 9.17) is 0 Å². The van der Waals surface area contributed by atoms with E-state index in [0.717, 1.165) is 44.4 Å². The smallest absolute Gasteiger partial charge is 0.288 e. The lowest BCUT2D eigenvalue weighted by atomic mass is 10.0. The molecule has 1 fully saturated rings. The van der Waals surface area contributed by atoms with E-state index in [-0.39, 0.29) is 17.8 Å². The van der Waals surface area contributed by atoms with Crippen LogP contribution in [0.3, 0.4) is 0 Å². The molecule has 1 aliphatic heterocycles. The number of aromatic amines is 2. The number of hydrogen-bond donors (Lipinski definition) is 3. The van der Waals surface area contributed by atoms with Gasteiger partial charge in [-0.15, -0.1) is 5.10 Å². The van der Waals surface area contributed by atoms with E-state index in [1.807, 2.05) is 18.3 Å². The molecule has 0 aliphatic carbocycles. The van der Waals surface area contributed by atoms with Crippen molar-refractivity contribution in [2.45, 2.75) is 45.2 Å². The van der Waals surface area contributed by atoms with E-state index in [0.29, 0.717) is 12.0 Å². The van der Waals surface area contributed by atoms with Gasteiger partial charge in [0.05, 0.1) is 0 Å². The van der Waals surface area contributed by atoms with Gasteiger partial charge >= 0.3 is 0 Å². The van der Waals surface area contributed by atoms with Crippen LogP contribution in [-0.2, 0) is 6.42 Å². The van der Waals surface area contributed by atoms with Gasteiger partial charge in [0.2, 0.25) is 11.8 Å². The molecule has 3 N–H and O–H groups in total. The zero-order valence-electron chi connectivity index (χ0n) is 18.0. The van der Waals surface area contributed by atoms with Crippen molar-refractivity contribution in [3.05, 3.63) is 41.9 Å². The number of fused-ring (bicyclic) bond motifs is 1. The minimum absolute atomic E-state index is 0.0407. The zero-order valence-corrected chi connectivity index (χ0v) is 18.0. The summed E-state index contributed by atoms with van der Waals surface area (Å²) in [6.07, 6.45) is 4.72. The van der Waals surface area contributed by atoms with Crippen LogP contribution >= 0.6 is 0 Å². The molecule has 4 rings (SSSR count). The summed E-state index contributed by atoms with van der Waals surface area (Å²) in [4.78, 5) is 25.1. The molecule has 0 spiro atoms. The summed E-state index contributed by atoms with van der Waals surface area (Å²) < 4.78 is 0. The van der Waals surface area contributed by atoms with E-state index in [1.165, 1.54) is 10.9 Å². The molecule has 30 heavy (non-hydrogen) atoms. The zero-order chi connectivity index (χ0) is 21.1. The molecule has 160 valence electrons. The Labute approximate surface area is 177 Å². The number of para-hydroxylation sites is 1. The number of rotatable bonds is 7. The van der Waals surface area contributed by atoms with Gasteiger partial charge in [0, 0.05) is 48.8 Å². The lowest BCUT2D eigenvalue weighted by Crippen LogP contribution is -2.50. The molecule has 3 aromatic rings. The Morgan fingerprint density at radius 1 is 1.33 bits per heavy atom. The van der Waals surface area contributed by atoms with Crippen molar-refractivity contribution in [1.82, 2.24) is 30.4 Å². The van der Waals surface area contributed by atoms with Crippen molar-refractivity contribution < 1.29 is 4.79 Å². The van der Waals surface area contributed by atoms with E-state index < -0.39 is 0 Å². The number of H-pyrrole nitrogens is 2. The van der Waals surface area contributed by atoms with Gasteiger partial charge in [0.1, 0.15) is 0 Å². The van der Waals surface area contributed by atoms with Crippen LogP contribution in [-0.4, -0.2) is 69.7 Å². The van der Waals surface area contributed by atoms with Gasteiger partial charge in [-0.2, -0.15) is 4.98 Å². The molecule has 1 aliphatic rings. The van der Waals surface area contributed by atoms with E-state index in [1.54, 1.807) is 0 Å². The van der Waals surface area contributed by atoms with Gasteiger partial charge in [-0.3, -0.25) is 9.89 Å². The third-order valence-electron chi connectivity index (χ3n) is 6.04. The Hall–Kier alpha value is -2.87. The SMILES string of the molecule is CCCC(Cc1c[nH]c2ccccc12)NC(=O)c1nc(N2CCN(C)C(C)C2)n[nH]1. The Balaban J connectivity index is 1.43. The van der Waals surface area contributed by atoms with Gasteiger partial charge in [0.15, 0.2) is 0 Å². The summed E-state index contributed by atoms with van der Waals surface area (Å²) >= 11 is 0. The molecule has 0 bridgehead atoms. The number of aromatic nitrogens is 4. The minimum atomic E-state index is -0.200. The van der Waals surface area contributed by atoms with Crippen LogP contribution in [0.5, 0.6) is 0 Å². The average Bonchev–Trinajstić information content (AvgIpc) is 3.38. The third kappa shape index (κ3) is 4.33. The number of benzene rings is 1. The van der Waals surface area contributed by atoms with Gasteiger partial charge < -0.3 is 20.1 Å². The van der Waals surface area contributed by atoms with Gasteiger partial charge in [0.25, 0.3) is 5.91 Å². The maximum atomic E-state index is 12.9. The fraction of sp³-hybridized carbons (Fsp3) is 0.500. The van der Waals surface area contributed by atoms with Crippen LogP contribution in [0.4, 0.5) is 5.95 Å². The predicted octanol–water partition coefficient (Wildman–Crippen LogP) is 2.57. The molecule has 0 radical (unpaired) electrons. The summed E-state index contributed by atoms with van der Waals surface area (Å²) in [7, 11) is 2.13. The van der Waals surface area contributed by atoms with Crippen molar-refractivity contribution in [2.24, 2.45) is 0 Å². The van der Waals surface area contributed by atoms with Crippen LogP contribution in [0.25, 0.3) is 10.9 Å². The fourth-order valence-corrected chi connectivity index (χ4v) is 4.12. The quantitative estimate of drug-likeness (QED) is 0.558. The number of nitrogens with zero attached hydrogens (tertiary/aromatic N) is 4. The highest BCUT2D eigenvalue weighted by Crippen LogP contribution is 2.20. The Bertz CT molecular complexity index is 994. The second-order valence-electron chi connectivity index (χ2n) is 8.28. The molecule has 2 unspecified atom stereocenters. The number of likely N-dealkylation sites (N-methyl/N-ethyl adjacent to an activating group) is 1. The second kappa shape index (κ2) is 8.87. The van der Waals surface area contributed by atoms with Crippen molar-refractivity contribution in [1.29, 1.82) is 0 Å². The minimum Gasteiger partial charge on any atom is -0.361 e. The molecule has 2 atom stereocenters. The summed E-state index contributed by atoms with van der Waals surface area (Å²) in [6.45, 7) is 7.00. The maximum absolute atomic E-state index is 12.9. The third-order valence-corrected chi connectivity index (χ3v) is 6.04. The topological polar surface area (TPSA) is 92.9 Å². The summed E-state index contributed by atoms with van der Waals surface area (Å²) in [5, 5.41) is 11.5. The number of amides is 1. The first kappa shape index (κ1) is 20.4. The van der Waals surface area contributed by atoms with E-state index in [2.05, 4.69) is 68.3 Å². The van der Waals surface area contributed by atoms with Crippen LogP contribution in [0.1, 0.15) is 42.9 Å². The molecule has 8 nitrogen and oxygen atoms in total. The van der Waals surface area contributed by atoms with Gasteiger partial charge in [-0.25, -0.2) is 0 Å². The molecule has 3 heterocycles. The molecular formula is C22H31N7O. The number of carbonyl (C=O) groups excluding carboxylic acids is 1. The maximum Gasteiger partial charge on any atom is 0.288 e. The first-order valence-electron chi connectivity index (χ1n) is 10.8. The molecular weight excluding hydrogens is 378 g/mol. The molecule has 1 saturated heterocycles. The van der Waals surface area contributed by atoms with Crippen molar-refractivity contribution in [3.63, 3.8) is 0 Å². The Kier molecular flexibility index (Phi) is 6.03. The summed E-state index contributed by atoms with van der Waals surface area (Å²) in [5.41, 5.74) is 2.34. The fourth-order valence-electron chi connectivity index (χ4n) is 4.12. The normalized spacial score (nSPS) is 18.6. The van der Waals surface area contributed by atoms with Gasteiger partial charge in [-0.1, -0.05) is 31.5 Å². The Morgan fingerprint density at radius 2 is 2.17 bits per heavy atom. The monoisotopic (exact) mass is 409 g/mol. The highest BCUT2D eigenvalue weighted by Gasteiger charge is 2.25. The van der Waals surface area contributed by atoms with Crippen LogP contribution in [0.15, 0.2) is 30.5 Å². The van der Waals surface area contributed by atoms with Crippen LogP contribution < -0.4 is 10.2 Å². The van der Waals surface area contributed by atoms with Gasteiger partial charge in [-0.05, 0) is 38.4 Å². The average molecular weight is 410 g/mol. The lowest BCUT2D eigenvalue weighted by Gasteiger charge is -2.37. The molecule has 1 amide bonds. The number of hydrogen-bond acceptors (Lipinski definition) is 5. The van der Waals surface area contributed by atoms with E-state index in [9.17, 15) is 4.79 Å². The largest absolute Gasteiger partial charge is 0.361 e. The molecule has 8 heteroatoms. The number of piperazine rings is 1. The lowest BCUT2D eigenvalue weighted by molar-refractivity contribution is 0.0924. The highest BCUT2D eigenvalue weighted by atomic mass is 16.2. The van der Waals surface area contributed by atoms with Crippen molar-refractivity contribution >= 4 is 22.8 Å². The molecule has 2 aromatic heterocycles. The number of anilines is 1. The van der Waals surface area contributed by atoms with Crippen molar-refractivity contribution in [2.75, 3.05) is 31.6 Å². The first-order chi connectivity index (χ1) is 14.5. The molecule has 0 saturated carbocycles. The second-order valence-corrected chi connectivity index (χ2v) is 8.28. The summed E-state index contributed by atoms with van der Waals surface area (Å²) in [5.74, 6) is 0.676. The predicted molar refractivity (Wildman–Crippen MR) is 119 cm³/mol.